The van der Waals surface area contributed by atoms with Crippen molar-refractivity contribution in [3.05, 3.63) is 29.8 Å². The molecule has 0 heterocycles. The Bertz CT molecular complexity index is 449. The minimum Gasteiger partial charge on any atom is -0.491 e. The van der Waals surface area contributed by atoms with Crippen LogP contribution >= 0.6 is 0 Å². The summed E-state index contributed by atoms with van der Waals surface area (Å²) in [4.78, 5) is 0. The summed E-state index contributed by atoms with van der Waals surface area (Å²) in [6, 6.07) is 9.27. The van der Waals surface area contributed by atoms with Crippen LogP contribution in [0.4, 0.5) is 0 Å². The van der Waals surface area contributed by atoms with Crippen LogP contribution in [-0.2, 0) is 4.74 Å². The van der Waals surface area contributed by atoms with Crippen molar-refractivity contribution >= 4 is 0 Å². The second kappa shape index (κ2) is 7.31. The van der Waals surface area contributed by atoms with Crippen molar-refractivity contribution in [1.82, 2.24) is 0 Å². The first-order chi connectivity index (χ1) is 9.69. The highest BCUT2D eigenvalue weighted by Crippen LogP contribution is 2.30. The molecule has 0 radical (unpaired) electrons. The van der Waals surface area contributed by atoms with Crippen molar-refractivity contribution in [2.75, 3.05) is 13.2 Å². The van der Waals surface area contributed by atoms with E-state index in [-0.39, 0.29) is 0 Å². The predicted octanol–water partition coefficient (Wildman–Crippen LogP) is 3.78. The van der Waals surface area contributed by atoms with Crippen LogP contribution in [-0.4, -0.2) is 19.3 Å². The molecule has 3 unspecified atom stereocenters. The van der Waals surface area contributed by atoms with Crippen molar-refractivity contribution in [3.8, 4) is 11.8 Å². The smallest absolute Gasteiger partial charge is 0.119 e. The molecule has 3 nitrogen and oxygen atoms in total. The Morgan fingerprint density at radius 1 is 1.10 bits per heavy atom. The minimum absolute atomic E-state index is 0.394. The number of benzene rings is 1. The van der Waals surface area contributed by atoms with Crippen LogP contribution in [0.2, 0.25) is 0 Å². The third-order valence-electron chi connectivity index (χ3n) is 4.24. The third kappa shape index (κ3) is 4.25. The van der Waals surface area contributed by atoms with E-state index < -0.39 is 0 Å². The summed E-state index contributed by atoms with van der Waals surface area (Å²) >= 11 is 0. The average molecular weight is 273 g/mol. The van der Waals surface area contributed by atoms with E-state index in [1.807, 2.05) is 12.1 Å². The average Bonchev–Trinajstić information content (AvgIpc) is 2.48. The Balaban J connectivity index is 1.65. The van der Waals surface area contributed by atoms with Crippen LogP contribution in [0, 0.1) is 23.2 Å². The number of nitrogens with zero attached hydrogens (tertiary/aromatic N) is 1. The monoisotopic (exact) mass is 273 g/mol. The fourth-order valence-corrected chi connectivity index (χ4v) is 2.65. The highest BCUT2D eigenvalue weighted by atomic mass is 16.5. The quantitative estimate of drug-likeness (QED) is 0.767. The van der Waals surface area contributed by atoms with Gasteiger partial charge in [-0.25, -0.2) is 0 Å². The molecular weight excluding hydrogens is 250 g/mol. The zero-order chi connectivity index (χ0) is 14.4. The van der Waals surface area contributed by atoms with Gasteiger partial charge in [0.2, 0.25) is 0 Å². The van der Waals surface area contributed by atoms with Gasteiger partial charge >= 0.3 is 0 Å². The molecule has 1 aliphatic rings. The molecular formula is C17H23NO2. The largest absolute Gasteiger partial charge is 0.491 e. The number of nitriles is 1. The van der Waals surface area contributed by atoms with Crippen LogP contribution < -0.4 is 4.74 Å². The Morgan fingerprint density at radius 3 is 2.50 bits per heavy atom. The lowest BCUT2D eigenvalue weighted by molar-refractivity contribution is -0.00908. The zero-order valence-electron chi connectivity index (χ0n) is 12.3. The molecule has 20 heavy (non-hydrogen) atoms. The predicted molar refractivity (Wildman–Crippen MR) is 78.6 cm³/mol. The Morgan fingerprint density at radius 2 is 1.85 bits per heavy atom. The van der Waals surface area contributed by atoms with Gasteiger partial charge in [-0.1, -0.05) is 13.8 Å². The molecule has 1 aromatic rings. The van der Waals surface area contributed by atoms with Gasteiger partial charge in [-0.15, -0.1) is 0 Å². The van der Waals surface area contributed by atoms with Crippen molar-refractivity contribution in [2.24, 2.45) is 11.8 Å². The van der Waals surface area contributed by atoms with Crippen molar-refractivity contribution in [2.45, 2.75) is 39.2 Å². The summed E-state index contributed by atoms with van der Waals surface area (Å²) < 4.78 is 11.5. The van der Waals surface area contributed by atoms with E-state index in [4.69, 9.17) is 14.7 Å². The second-order valence-corrected chi connectivity index (χ2v) is 5.75. The van der Waals surface area contributed by atoms with E-state index >= 15 is 0 Å². The van der Waals surface area contributed by atoms with Gasteiger partial charge in [0.05, 0.1) is 24.3 Å². The first kappa shape index (κ1) is 14.9. The van der Waals surface area contributed by atoms with Gasteiger partial charge in [0, 0.05) is 0 Å². The summed E-state index contributed by atoms with van der Waals surface area (Å²) in [5.41, 5.74) is 0.652. The van der Waals surface area contributed by atoms with E-state index in [0.717, 1.165) is 24.0 Å². The molecule has 3 heteroatoms. The lowest BCUT2D eigenvalue weighted by Crippen LogP contribution is -2.28. The molecule has 3 atom stereocenters. The Labute approximate surface area is 121 Å². The van der Waals surface area contributed by atoms with Crippen molar-refractivity contribution in [1.29, 1.82) is 5.26 Å². The standard InChI is InChI=1S/C17H23NO2/c1-13-3-6-17(11-14(13)2)20-10-9-19-16-7-4-15(12-18)5-8-16/h4-5,7-8,13-14,17H,3,6,9-11H2,1-2H3. The van der Waals surface area contributed by atoms with Crippen LogP contribution in [0.25, 0.3) is 0 Å². The van der Waals surface area contributed by atoms with Gasteiger partial charge in [0.25, 0.3) is 0 Å². The van der Waals surface area contributed by atoms with Crippen LogP contribution in [0.1, 0.15) is 38.7 Å². The van der Waals surface area contributed by atoms with Crippen LogP contribution in [0.5, 0.6) is 5.75 Å². The summed E-state index contributed by atoms with van der Waals surface area (Å²) in [6.45, 7) is 5.83. The summed E-state index contributed by atoms with van der Waals surface area (Å²) in [5.74, 6) is 2.37. The maximum Gasteiger partial charge on any atom is 0.119 e. The van der Waals surface area contributed by atoms with E-state index in [1.54, 1.807) is 12.1 Å². The summed E-state index contributed by atoms with van der Waals surface area (Å²) in [5, 5.41) is 8.72. The molecule has 0 amide bonds. The minimum atomic E-state index is 0.394. The molecule has 1 aliphatic carbocycles. The van der Waals surface area contributed by atoms with Crippen molar-refractivity contribution < 1.29 is 9.47 Å². The number of hydrogen-bond donors (Lipinski definition) is 0. The molecule has 0 spiro atoms. The topological polar surface area (TPSA) is 42.2 Å². The van der Waals surface area contributed by atoms with Crippen LogP contribution in [0.15, 0.2) is 24.3 Å². The molecule has 1 aromatic carbocycles. The molecule has 0 saturated heterocycles. The molecule has 2 rings (SSSR count). The van der Waals surface area contributed by atoms with Gasteiger partial charge in [0.1, 0.15) is 12.4 Å². The lowest BCUT2D eigenvalue weighted by Gasteiger charge is -2.31. The fourth-order valence-electron chi connectivity index (χ4n) is 2.65. The normalized spacial score (nSPS) is 25.9. The molecule has 1 saturated carbocycles. The summed E-state index contributed by atoms with van der Waals surface area (Å²) in [6.07, 6.45) is 3.99. The number of rotatable bonds is 5. The molecule has 0 aliphatic heterocycles. The first-order valence-electron chi connectivity index (χ1n) is 7.43. The van der Waals surface area contributed by atoms with Gasteiger partial charge in [-0.05, 0) is 55.4 Å². The maximum atomic E-state index is 8.72. The van der Waals surface area contributed by atoms with Crippen molar-refractivity contribution in [3.63, 3.8) is 0 Å². The Hall–Kier alpha value is -1.53. The van der Waals surface area contributed by atoms with E-state index in [2.05, 4.69) is 19.9 Å². The van der Waals surface area contributed by atoms with Gasteiger partial charge in [0.15, 0.2) is 0 Å². The third-order valence-corrected chi connectivity index (χ3v) is 4.24. The first-order valence-corrected chi connectivity index (χ1v) is 7.43. The van der Waals surface area contributed by atoms with Crippen LogP contribution in [0.3, 0.4) is 0 Å². The second-order valence-electron chi connectivity index (χ2n) is 5.75. The van der Waals surface area contributed by atoms with Gasteiger partial charge in [-0.3, -0.25) is 0 Å². The molecule has 0 bridgehead atoms. The Kier molecular flexibility index (Phi) is 5.43. The molecule has 0 N–H and O–H groups in total. The van der Waals surface area contributed by atoms with E-state index in [9.17, 15) is 0 Å². The lowest BCUT2D eigenvalue weighted by atomic mass is 9.80. The summed E-state index contributed by atoms with van der Waals surface area (Å²) in [7, 11) is 0. The molecule has 0 aromatic heterocycles. The maximum absolute atomic E-state index is 8.72. The molecule has 1 fully saturated rings. The number of hydrogen-bond acceptors (Lipinski definition) is 3. The molecule has 108 valence electrons. The van der Waals surface area contributed by atoms with E-state index in [1.165, 1.54) is 12.8 Å². The number of ether oxygens (including phenoxy) is 2. The van der Waals surface area contributed by atoms with E-state index in [0.29, 0.717) is 24.9 Å². The van der Waals surface area contributed by atoms with Gasteiger partial charge in [-0.2, -0.15) is 5.26 Å². The highest BCUT2D eigenvalue weighted by Gasteiger charge is 2.24. The van der Waals surface area contributed by atoms with Gasteiger partial charge < -0.3 is 9.47 Å². The highest BCUT2D eigenvalue weighted by molar-refractivity contribution is 5.34. The fraction of sp³-hybridized carbons (Fsp3) is 0.588. The zero-order valence-corrected chi connectivity index (χ0v) is 12.3. The SMILES string of the molecule is CC1CCC(OCCOc2ccc(C#N)cc2)CC1C.